The van der Waals surface area contributed by atoms with Gasteiger partial charge in [0, 0.05) is 24.6 Å². The zero-order valence-corrected chi connectivity index (χ0v) is 11.3. The summed E-state index contributed by atoms with van der Waals surface area (Å²) in [4.78, 5) is 0. The van der Waals surface area contributed by atoms with E-state index in [4.69, 9.17) is 9.47 Å². The van der Waals surface area contributed by atoms with E-state index >= 15 is 0 Å². The molecule has 3 rings (SSSR count). The number of fused-ring (bicyclic) bond motifs is 3. The van der Waals surface area contributed by atoms with Crippen LogP contribution in [0.25, 0.3) is 0 Å². The van der Waals surface area contributed by atoms with Gasteiger partial charge in [-0.1, -0.05) is 12.1 Å². The van der Waals surface area contributed by atoms with Crippen LogP contribution in [0.15, 0.2) is 18.2 Å². The minimum Gasteiger partial charge on any atom is -0.491 e. The summed E-state index contributed by atoms with van der Waals surface area (Å²) in [6.45, 7) is 8.92. The van der Waals surface area contributed by atoms with E-state index in [1.165, 1.54) is 11.1 Å². The minimum atomic E-state index is -0.0521. The fourth-order valence-electron chi connectivity index (χ4n) is 3.06. The van der Waals surface area contributed by atoms with Crippen molar-refractivity contribution in [3.8, 4) is 5.75 Å². The quantitative estimate of drug-likeness (QED) is 0.870. The molecule has 3 nitrogen and oxygen atoms in total. The van der Waals surface area contributed by atoms with E-state index in [9.17, 15) is 0 Å². The van der Waals surface area contributed by atoms with Crippen molar-refractivity contribution in [1.82, 2.24) is 5.32 Å². The molecule has 1 fully saturated rings. The van der Waals surface area contributed by atoms with E-state index in [1.54, 1.807) is 0 Å². The van der Waals surface area contributed by atoms with Gasteiger partial charge in [0.2, 0.25) is 0 Å². The summed E-state index contributed by atoms with van der Waals surface area (Å²) in [5, 5.41) is 3.44. The highest BCUT2D eigenvalue weighted by molar-refractivity contribution is 5.45. The molecular weight excluding hydrogens is 226 g/mol. The number of hydrogen-bond acceptors (Lipinski definition) is 3. The van der Waals surface area contributed by atoms with E-state index in [1.807, 2.05) is 6.07 Å². The molecule has 2 heterocycles. The van der Waals surface area contributed by atoms with E-state index in [2.05, 4.69) is 38.2 Å². The van der Waals surface area contributed by atoms with E-state index < -0.39 is 0 Å². The molecule has 1 aromatic carbocycles. The number of nitrogens with one attached hydrogen (secondary N) is 1. The highest BCUT2D eigenvalue weighted by Gasteiger charge is 2.45. The van der Waals surface area contributed by atoms with E-state index in [-0.39, 0.29) is 11.7 Å². The Hall–Kier alpha value is -1.06. The van der Waals surface area contributed by atoms with Gasteiger partial charge >= 0.3 is 0 Å². The Kier molecular flexibility index (Phi) is 2.83. The van der Waals surface area contributed by atoms with Gasteiger partial charge in [-0.25, -0.2) is 0 Å². The second-order valence-electron chi connectivity index (χ2n) is 5.78. The number of benzene rings is 1. The van der Waals surface area contributed by atoms with Gasteiger partial charge < -0.3 is 14.8 Å². The fourth-order valence-corrected chi connectivity index (χ4v) is 3.06. The van der Waals surface area contributed by atoms with Gasteiger partial charge in [-0.2, -0.15) is 0 Å². The molecule has 18 heavy (non-hydrogen) atoms. The molecule has 0 radical (unpaired) electrons. The molecule has 2 atom stereocenters. The van der Waals surface area contributed by atoms with Gasteiger partial charge in [0.25, 0.3) is 0 Å². The molecule has 1 N–H and O–H groups in total. The lowest BCUT2D eigenvalue weighted by Crippen LogP contribution is -2.39. The molecular formula is C15H21NO2. The van der Waals surface area contributed by atoms with Crippen LogP contribution < -0.4 is 10.1 Å². The Morgan fingerprint density at radius 3 is 3.06 bits per heavy atom. The van der Waals surface area contributed by atoms with Gasteiger partial charge in [0.05, 0.1) is 18.3 Å². The summed E-state index contributed by atoms with van der Waals surface area (Å²) in [6, 6.07) is 6.37. The van der Waals surface area contributed by atoms with Crippen LogP contribution >= 0.6 is 0 Å². The van der Waals surface area contributed by atoms with Gasteiger partial charge in [0.15, 0.2) is 0 Å². The fraction of sp³-hybridized carbons (Fsp3) is 0.600. The lowest BCUT2D eigenvalue weighted by molar-refractivity contribution is -0.0529. The zero-order chi connectivity index (χ0) is 12.8. The predicted octanol–water partition coefficient (Wildman–Crippen LogP) is 2.45. The van der Waals surface area contributed by atoms with Gasteiger partial charge in [-0.3, -0.25) is 0 Å². The molecule has 98 valence electrons. The number of ether oxygens (including phenoxy) is 2. The molecule has 1 saturated heterocycles. The summed E-state index contributed by atoms with van der Waals surface area (Å²) in [7, 11) is 0. The molecule has 0 spiro atoms. The molecule has 0 amide bonds. The highest BCUT2D eigenvalue weighted by atomic mass is 16.5. The third-order valence-corrected chi connectivity index (χ3v) is 4.02. The van der Waals surface area contributed by atoms with E-state index in [0.717, 1.165) is 18.8 Å². The first kappa shape index (κ1) is 12.0. The molecule has 0 saturated carbocycles. The first-order chi connectivity index (χ1) is 8.60. The minimum absolute atomic E-state index is 0.0521. The Morgan fingerprint density at radius 2 is 2.28 bits per heavy atom. The lowest BCUT2D eigenvalue weighted by atomic mass is 9.81. The monoisotopic (exact) mass is 247 g/mol. The standard InChI is InChI=1S/C15H21NO2/c1-10(2)18-14-6-4-5-11-12(14)8-17-15(3)9-16-7-13(11)15/h4-6,10,13,16H,7-9H2,1-3H3. The molecule has 2 aliphatic rings. The van der Waals surface area contributed by atoms with Crippen LogP contribution in [0.3, 0.4) is 0 Å². The van der Waals surface area contributed by atoms with Crippen LogP contribution in [0.4, 0.5) is 0 Å². The summed E-state index contributed by atoms with van der Waals surface area (Å²) in [5.41, 5.74) is 2.58. The smallest absolute Gasteiger partial charge is 0.125 e. The van der Waals surface area contributed by atoms with Crippen molar-refractivity contribution in [3.63, 3.8) is 0 Å². The van der Waals surface area contributed by atoms with Crippen LogP contribution in [0.2, 0.25) is 0 Å². The second-order valence-corrected chi connectivity index (χ2v) is 5.78. The van der Waals surface area contributed by atoms with Crippen molar-refractivity contribution >= 4 is 0 Å². The third-order valence-electron chi connectivity index (χ3n) is 4.02. The summed E-state index contributed by atoms with van der Waals surface area (Å²) >= 11 is 0. The Bertz CT molecular complexity index is 458. The molecule has 0 aromatic heterocycles. The van der Waals surface area contributed by atoms with Crippen LogP contribution in [-0.2, 0) is 11.3 Å². The summed E-state index contributed by atoms with van der Waals surface area (Å²) in [5.74, 6) is 1.42. The maximum absolute atomic E-state index is 6.10. The molecule has 2 unspecified atom stereocenters. The normalized spacial score (nSPS) is 30.1. The molecule has 2 aliphatic heterocycles. The summed E-state index contributed by atoms with van der Waals surface area (Å²) < 4.78 is 12.0. The third kappa shape index (κ3) is 1.82. The maximum atomic E-state index is 6.10. The average Bonchev–Trinajstić information content (AvgIpc) is 2.70. The van der Waals surface area contributed by atoms with Crippen LogP contribution in [0, 0.1) is 0 Å². The van der Waals surface area contributed by atoms with Crippen LogP contribution in [-0.4, -0.2) is 24.8 Å². The predicted molar refractivity (Wildman–Crippen MR) is 71.0 cm³/mol. The van der Waals surface area contributed by atoms with Crippen LogP contribution in [0.1, 0.15) is 37.8 Å². The van der Waals surface area contributed by atoms with Crippen molar-refractivity contribution in [3.05, 3.63) is 29.3 Å². The number of hydrogen-bond donors (Lipinski definition) is 1. The van der Waals surface area contributed by atoms with Crippen molar-refractivity contribution in [2.24, 2.45) is 0 Å². The SMILES string of the molecule is CC(C)Oc1cccc2c1COC1(C)CNCC21. The van der Waals surface area contributed by atoms with Gasteiger partial charge in [-0.15, -0.1) is 0 Å². The Morgan fingerprint density at radius 1 is 1.44 bits per heavy atom. The molecule has 0 aliphatic carbocycles. The average molecular weight is 247 g/mol. The first-order valence-corrected chi connectivity index (χ1v) is 6.73. The zero-order valence-electron chi connectivity index (χ0n) is 11.3. The lowest BCUT2D eigenvalue weighted by Gasteiger charge is -2.37. The molecule has 3 heteroatoms. The van der Waals surface area contributed by atoms with Gasteiger partial charge in [0.1, 0.15) is 5.75 Å². The molecule has 0 bridgehead atoms. The van der Waals surface area contributed by atoms with E-state index in [0.29, 0.717) is 12.5 Å². The summed E-state index contributed by atoms with van der Waals surface area (Å²) in [6.07, 6.45) is 0.200. The first-order valence-electron chi connectivity index (χ1n) is 6.73. The van der Waals surface area contributed by atoms with Gasteiger partial charge in [-0.05, 0) is 32.4 Å². The second kappa shape index (κ2) is 4.25. The topological polar surface area (TPSA) is 30.5 Å². The Labute approximate surface area is 108 Å². The van der Waals surface area contributed by atoms with Crippen LogP contribution in [0.5, 0.6) is 5.75 Å². The number of rotatable bonds is 2. The van der Waals surface area contributed by atoms with Crippen molar-refractivity contribution in [2.75, 3.05) is 13.1 Å². The largest absolute Gasteiger partial charge is 0.491 e. The van der Waals surface area contributed by atoms with Crippen molar-refractivity contribution < 1.29 is 9.47 Å². The Balaban J connectivity index is 2.01. The highest BCUT2D eigenvalue weighted by Crippen LogP contribution is 2.43. The molecule has 1 aromatic rings. The van der Waals surface area contributed by atoms with Crippen molar-refractivity contribution in [1.29, 1.82) is 0 Å². The maximum Gasteiger partial charge on any atom is 0.125 e. The van der Waals surface area contributed by atoms with Crippen molar-refractivity contribution in [2.45, 2.75) is 45.0 Å².